The van der Waals surface area contributed by atoms with Crippen molar-refractivity contribution in [1.82, 2.24) is 10.2 Å². The van der Waals surface area contributed by atoms with Crippen molar-refractivity contribution < 1.29 is 0 Å². The zero-order valence-corrected chi connectivity index (χ0v) is 10.4. The Morgan fingerprint density at radius 1 is 1.20 bits per heavy atom. The van der Waals surface area contributed by atoms with E-state index in [0.717, 1.165) is 5.92 Å². The number of rotatable bonds is 1. The molecule has 2 aliphatic rings. The van der Waals surface area contributed by atoms with E-state index in [1.165, 1.54) is 58.3 Å². The average molecular weight is 210 g/mol. The van der Waals surface area contributed by atoms with Crippen LogP contribution in [-0.4, -0.2) is 36.6 Å². The molecular formula is C13H26N2. The third kappa shape index (κ3) is 2.73. The molecule has 0 bridgehead atoms. The third-order valence-corrected chi connectivity index (χ3v) is 4.25. The summed E-state index contributed by atoms with van der Waals surface area (Å²) in [5, 5.41) is 3.53. The second-order valence-electron chi connectivity index (χ2n) is 5.81. The van der Waals surface area contributed by atoms with E-state index in [4.69, 9.17) is 0 Å². The first kappa shape index (κ1) is 11.4. The second kappa shape index (κ2) is 4.84. The first-order chi connectivity index (χ1) is 7.21. The molecule has 1 saturated heterocycles. The molecule has 88 valence electrons. The molecule has 1 atom stereocenters. The van der Waals surface area contributed by atoms with Crippen LogP contribution >= 0.6 is 0 Å². The van der Waals surface area contributed by atoms with Crippen molar-refractivity contribution in [3.8, 4) is 0 Å². The molecule has 1 aliphatic carbocycles. The zero-order chi connectivity index (χ0) is 10.7. The van der Waals surface area contributed by atoms with Gasteiger partial charge in [0, 0.05) is 12.1 Å². The fourth-order valence-electron chi connectivity index (χ4n) is 3.22. The van der Waals surface area contributed by atoms with E-state index in [0.29, 0.717) is 5.54 Å². The maximum Gasteiger partial charge on any atom is 0.0181 e. The number of hydrogen-bond donors (Lipinski definition) is 1. The predicted molar refractivity (Wildman–Crippen MR) is 65.1 cm³/mol. The van der Waals surface area contributed by atoms with Crippen molar-refractivity contribution in [3.05, 3.63) is 0 Å². The predicted octanol–water partition coefficient (Wildman–Crippen LogP) is 2.25. The highest BCUT2D eigenvalue weighted by Gasteiger charge is 2.35. The summed E-state index contributed by atoms with van der Waals surface area (Å²) >= 11 is 0. The van der Waals surface area contributed by atoms with Crippen LogP contribution in [0.15, 0.2) is 0 Å². The maximum atomic E-state index is 3.53. The fraction of sp³-hybridized carbons (Fsp3) is 1.00. The molecular weight excluding hydrogens is 184 g/mol. The van der Waals surface area contributed by atoms with Gasteiger partial charge in [0.15, 0.2) is 0 Å². The summed E-state index contributed by atoms with van der Waals surface area (Å²) in [6.45, 7) is 9.87. The van der Waals surface area contributed by atoms with E-state index in [1.807, 2.05) is 0 Å². The third-order valence-electron chi connectivity index (χ3n) is 4.25. The van der Waals surface area contributed by atoms with Gasteiger partial charge in [-0.05, 0) is 51.7 Å². The van der Waals surface area contributed by atoms with Gasteiger partial charge in [-0.2, -0.15) is 0 Å². The zero-order valence-electron chi connectivity index (χ0n) is 10.4. The van der Waals surface area contributed by atoms with E-state index in [1.54, 1.807) is 0 Å². The van der Waals surface area contributed by atoms with Crippen LogP contribution in [-0.2, 0) is 0 Å². The van der Waals surface area contributed by atoms with Gasteiger partial charge in [0.25, 0.3) is 0 Å². The van der Waals surface area contributed by atoms with Crippen molar-refractivity contribution in [1.29, 1.82) is 0 Å². The maximum absolute atomic E-state index is 3.53. The normalized spacial score (nSPS) is 33.6. The molecule has 0 aromatic heterocycles. The van der Waals surface area contributed by atoms with Crippen LogP contribution in [0, 0.1) is 5.92 Å². The minimum absolute atomic E-state index is 0.533. The molecule has 1 N–H and O–H groups in total. The summed E-state index contributed by atoms with van der Waals surface area (Å²) in [5.41, 5.74) is 0.533. The molecule has 2 fully saturated rings. The lowest BCUT2D eigenvalue weighted by atomic mass is 9.95. The lowest BCUT2D eigenvalue weighted by Gasteiger charge is -2.41. The van der Waals surface area contributed by atoms with Gasteiger partial charge >= 0.3 is 0 Å². The van der Waals surface area contributed by atoms with Gasteiger partial charge in [0.1, 0.15) is 0 Å². The Balaban J connectivity index is 1.98. The molecule has 0 aromatic carbocycles. The molecule has 2 rings (SSSR count). The number of nitrogens with one attached hydrogen (secondary N) is 1. The van der Waals surface area contributed by atoms with Crippen LogP contribution in [0.25, 0.3) is 0 Å². The van der Waals surface area contributed by atoms with Crippen molar-refractivity contribution in [3.63, 3.8) is 0 Å². The summed E-state index contributed by atoms with van der Waals surface area (Å²) in [4.78, 5) is 2.78. The van der Waals surface area contributed by atoms with Gasteiger partial charge in [-0.3, -0.25) is 4.90 Å². The monoisotopic (exact) mass is 210 g/mol. The van der Waals surface area contributed by atoms with Gasteiger partial charge in [-0.25, -0.2) is 0 Å². The average Bonchev–Trinajstić information content (AvgIpc) is 2.59. The molecule has 1 aliphatic heterocycles. The number of hydrogen-bond acceptors (Lipinski definition) is 2. The van der Waals surface area contributed by atoms with Gasteiger partial charge in [0.05, 0.1) is 0 Å². The van der Waals surface area contributed by atoms with Crippen LogP contribution in [0.5, 0.6) is 0 Å². The molecule has 0 radical (unpaired) electrons. The SMILES string of the molecule is CC1CNCCCN(C2(C)CCCC2)C1. The molecule has 1 heterocycles. The summed E-state index contributed by atoms with van der Waals surface area (Å²) in [7, 11) is 0. The van der Waals surface area contributed by atoms with Crippen molar-refractivity contribution >= 4 is 0 Å². The van der Waals surface area contributed by atoms with Gasteiger partial charge in [-0.1, -0.05) is 19.8 Å². The van der Waals surface area contributed by atoms with Crippen LogP contribution in [0.2, 0.25) is 0 Å². The van der Waals surface area contributed by atoms with Crippen LogP contribution < -0.4 is 5.32 Å². The van der Waals surface area contributed by atoms with E-state index in [-0.39, 0.29) is 0 Å². The lowest BCUT2D eigenvalue weighted by Crippen LogP contribution is -2.49. The Morgan fingerprint density at radius 2 is 1.93 bits per heavy atom. The topological polar surface area (TPSA) is 15.3 Å². The highest BCUT2D eigenvalue weighted by Crippen LogP contribution is 2.35. The summed E-state index contributed by atoms with van der Waals surface area (Å²) in [6, 6.07) is 0. The summed E-state index contributed by atoms with van der Waals surface area (Å²) in [5.74, 6) is 0.808. The summed E-state index contributed by atoms with van der Waals surface area (Å²) < 4.78 is 0. The first-order valence-corrected chi connectivity index (χ1v) is 6.66. The molecule has 1 unspecified atom stereocenters. The highest BCUT2D eigenvalue weighted by molar-refractivity contribution is 4.92. The summed E-state index contributed by atoms with van der Waals surface area (Å²) in [6.07, 6.45) is 7.06. The first-order valence-electron chi connectivity index (χ1n) is 6.66. The molecule has 0 amide bonds. The van der Waals surface area contributed by atoms with Gasteiger partial charge in [0.2, 0.25) is 0 Å². The van der Waals surface area contributed by atoms with Crippen molar-refractivity contribution in [2.45, 2.75) is 51.5 Å². The van der Waals surface area contributed by atoms with Gasteiger partial charge in [-0.15, -0.1) is 0 Å². The van der Waals surface area contributed by atoms with E-state index in [9.17, 15) is 0 Å². The highest BCUT2D eigenvalue weighted by atomic mass is 15.2. The molecule has 0 spiro atoms. The number of nitrogens with zero attached hydrogens (tertiary/aromatic N) is 1. The molecule has 15 heavy (non-hydrogen) atoms. The molecule has 2 heteroatoms. The van der Waals surface area contributed by atoms with Crippen molar-refractivity contribution in [2.24, 2.45) is 5.92 Å². The second-order valence-corrected chi connectivity index (χ2v) is 5.81. The Labute approximate surface area is 94.4 Å². The Bertz CT molecular complexity index is 197. The minimum Gasteiger partial charge on any atom is -0.316 e. The molecule has 1 saturated carbocycles. The van der Waals surface area contributed by atoms with Crippen molar-refractivity contribution in [2.75, 3.05) is 26.2 Å². The Kier molecular flexibility index (Phi) is 3.68. The lowest BCUT2D eigenvalue weighted by molar-refractivity contribution is 0.0831. The Hall–Kier alpha value is -0.0800. The fourth-order valence-corrected chi connectivity index (χ4v) is 3.22. The molecule has 0 aromatic rings. The van der Waals surface area contributed by atoms with Crippen LogP contribution in [0.1, 0.15) is 46.0 Å². The standard InChI is InChI=1S/C13H26N2/c1-12-10-14-8-5-9-15(11-12)13(2)6-3-4-7-13/h12,14H,3-11H2,1-2H3. The Morgan fingerprint density at radius 3 is 2.67 bits per heavy atom. The molecule has 2 nitrogen and oxygen atoms in total. The quantitative estimate of drug-likeness (QED) is 0.714. The van der Waals surface area contributed by atoms with Crippen LogP contribution in [0.4, 0.5) is 0 Å². The largest absolute Gasteiger partial charge is 0.316 e. The van der Waals surface area contributed by atoms with E-state index < -0.39 is 0 Å². The minimum atomic E-state index is 0.533. The van der Waals surface area contributed by atoms with Gasteiger partial charge < -0.3 is 5.32 Å². The van der Waals surface area contributed by atoms with E-state index in [2.05, 4.69) is 24.1 Å². The smallest absolute Gasteiger partial charge is 0.0181 e. The van der Waals surface area contributed by atoms with Crippen LogP contribution in [0.3, 0.4) is 0 Å². The van der Waals surface area contributed by atoms with E-state index >= 15 is 0 Å².